The maximum absolute atomic E-state index is 13.7. The first kappa shape index (κ1) is 13.5. The Morgan fingerprint density at radius 3 is 2.74 bits per heavy atom. The molecular weight excluding hydrogens is 299 g/mol. The van der Waals surface area contributed by atoms with E-state index in [1.165, 1.54) is 7.05 Å². The van der Waals surface area contributed by atoms with Gasteiger partial charge in [-0.2, -0.15) is 4.80 Å². The number of nitrogens with two attached hydrogens (primary N) is 1. The Labute approximate surface area is 112 Å². The zero-order valence-corrected chi connectivity index (χ0v) is 11.1. The van der Waals surface area contributed by atoms with Gasteiger partial charge in [-0.1, -0.05) is 16.7 Å². The van der Waals surface area contributed by atoms with E-state index in [4.69, 9.17) is 17.3 Å². The van der Waals surface area contributed by atoms with E-state index in [9.17, 15) is 12.8 Å². The molecule has 2 rings (SSSR count). The smallest absolute Gasteiger partial charge is 0.277 e. The first-order valence-corrected chi connectivity index (χ1v) is 6.67. The third kappa shape index (κ3) is 2.74. The number of anilines is 2. The molecule has 0 bridgehead atoms. The van der Waals surface area contributed by atoms with Gasteiger partial charge in [0, 0.05) is 5.69 Å². The van der Waals surface area contributed by atoms with Crippen LogP contribution >= 0.6 is 11.6 Å². The highest BCUT2D eigenvalue weighted by molar-refractivity contribution is 7.92. The normalized spacial score (nSPS) is 11.5. The van der Waals surface area contributed by atoms with Crippen molar-refractivity contribution in [2.75, 3.05) is 10.5 Å². The standard InChI is InChI=1S/C8H8ClFN6O2S/c1-16-13-8(12-15-16)14-19(17,18)6-3-4(11)2-5(9)7(6)10/h2-3H,11H2,1H3,(H,13,14). The van der Waals surface area contributed by atoms with E-state index in [1.807, 2.05) is 4.72 Å². The maximum atomic E-state index is 13.7. The summed E-state index contributed by atoms with van der Waals surface area (Å²) >= 11 is 5.54. The van der Waals surface area contributed by atoms with Crippen LogP contribution in [0.4, 0.5) is 16.0 Å². The molecule has 0 atom stereocenters. The molecule has 102 valence electrons. The number of sulfonamides is 1. The van der Waals surface area contributed by atoms with Crippen LogP contribution in [0.3, 0.4) is 0 Å². The van der Waals surface area contributed by atoms with E-state index in [1.54, 1.807) is 0 Å². The lowest BCUT2D eigenvalue weighted by molar-refractivity contribution is 0.570. The molecule has 0 saturated heterocycles. The molecule has 0 aliphatic carbocycles. The molecule has 0 radical (unpaired) electrons. The molecule has 0 unspecified atom stereocenters. The first-order valence-electron chi connectivity index (χ1n) is 4.81. The average molecular weight is 307 g/mol. The van der Waals surface area contributed by atoms with Crippen molar-refractivity contribution in [3.8, 4) is 0 Å². The predicted molar refractivity (Wildman–Crippen MR) is 65.4 cm³/mol. The minimum atomic E-state index is -4.24. The van der Waals surface area contributed by atoms with Crippen LogP contribution < -0.4 is 10.5 Å². The van der Waals surface area contributed by atoms with Crippen molar-refractivity contribution in [1.82, 2.24) is 20.2 Å². The van der Waals surface area contributed by atoms with Crippen molar-refractivity contribution in [3.63, 3.8) is 0 Å². The summed E-state index contributed by atoms with van der Waals surface area (Å²) in [5, 5.41) is 10.1. The fourth-order valence-corrected chi connectivity index (χ4v) is 2.63. The molecule has 0 fully saturated rings. The zero-order valence-electron chi connectivity index (χ0n) is 9.50. The Hall–Kier alpha value is -1.94. The Balaban J connectivity index is 2.45. The maximum Gasteiger partial charge on any atom is 0.277 e. The van der Waals surface area contributed by atoms with Gasteiger partial charge in [-0.3, -0.25) is 0 Å². The Bertz CT molecular complexity index is 731. The first-order chi connectivity index (χ1) is 8.79. The highest BCUT2D eigenvalue weighted by Gasteiger charge is 2.23. The van der Waals surface area contributed by atoms with Crippen LogP contribution in [0, 0.1) is 5.82 Å². The second-order valence-corrected chi connectivity index (χ2v) is 5.58. The lowest BCUT2D eigenvalue weighted by Gasteiger charge is -2.07. The minimum Gasteiger partial charge on any atom is -0.399 e. The van der Waals surface area contributed by atoms with E-state index in [-0.39, 0.29) is 11.6 Å². The largest absolute Gasteiger partial charge is 0.399 e. The van der Waals surface area contributed by atoms with E-state index >= 15 is 0 Å². The predicted octanol–water partition coefficient (Wildman–Crippen LogP) is 0.386. The van der Waals surface area contributed by atoms with Gasteiger partial charge in [0.05, 0.1) is 12.1 Å². The molecule has 0 saturated carbocycles. The van der Waals surface area contributed by atoms with Crippen molar-refractivity contribution in [3.05, 3.63) is 23.0 Å². The molecule has 8 nitrogen and oxygen atoms in total. The molecule has 11 heteroatoms. The number of hydrogen-bond donors (Lipinski definition) is 2. The number of nitrogens with zero attached hydrogens (tertiary/aromatic N) is 4. The molecule has 0 amide bonds. The van der Waals surface area contributed by atoms with Crippen LogP contribution in [0.1, 0.15) is 0 Å². The molecule has 0 aliphatic rings. The molecule has 0 spiro atoms. The minimum absolute atomic E-state index is 0.0129. The van der Waals surface area contributed by atoms with Crippen molar-refractivity contribution < 1.29 is 12.8 Å². The molecule has 19 heavy (non-hydrogen) atoms. The van der Waals surface area contributed by atoms with Crippen LogP contribution in [0.2, 0.25) is 5.02 Å². The number of aromatic nitrogens is 4. The second-order valence-electron chi connectivity index (χ2n) is 3.52. The molecule has 0 aliphatic heterocycles. The summed E-state index contributed by atoms with van der Waals surface area (Å²) in [7, 11) is -2.80. The zero-order chi connectivity index (χ0) is 14.2. The summed E-state index contributed by atoms with van der Waals surface area (Å²) in [6.45, 7) is 0. The molecule has 1 aromatic carbocycles. The fourth-order valence-electron chi connectivity index (χ4n) is 1.28. The number of halogens is 2. The van der Waals surface area contributed by atoms with Gasteiger partial charge in [0.1, 0.15) is 4.90 Å². The second kappa shape index (κ2) is 4.63. The molecule has 3 N–H and O–H groups in total. The Kier molecular flexibility index (Phi) is 3.28. The van der Waals surface area contributed by atoms with Gasteiger partial charge in [-0.05, 0) is 17.3 Å². The van der Waals surface area contributed by atoms with Crippen molar-refractivity contribution in [2.45, 2.75) is 4.90 Å². The molecule has 1 heterocycles. The summed E-state index contributed by atoms with van der Waals surface area (Å²) in [6.07, 6.45) is 0. The summed E-state index contributed by atoms with van der Waals surface area (Å²) < 4.78 is 39.6. The molecule has 1 aromatic heterocycles. The molecule has 2 aromatic rings. The quantitative estimate of drug-likeness (QED) is 0.792. The van der Waals surface area contributed by atoms with Gasteiger partial charge in [-0.25, -0.2) is 17.5 Å². The van der Waals surface area contributed by atoms with Crippen molar-refractivity contribution in [2.24, 2.45) is 7.05 Å². The summed E-state index contributed by atoms with van der Waals surface area (Å²) in [5.74, 6) is -1.40. The van der Waals surface area contributed by atoms with E-state index < -0.39 is 25.8 Å². The van der Waals surface area contributed by atoms with E-state index in [0.29, 0.717) is 0 Å². The van der Waals surface area contributed by atoms with E-state index in [0.717, 1.165) is 16.9 Å². The number of benzene rings is 1. The van der Waals surface area contributed by atoms with Crippen LogP contribution in [0.25, 0.3) is 0 Å². The van der Waals surface area contributed by atoms with Crippen LogP contribution in [0.15, 0.2) is 17.0 Å². The van der Waals surface area contributed by atoms with Gasteiger partial charge < -0.3 is 5.73 Å². The fraction of sp³-hybridized carbons (Fsp3) is 0.125. The number of rotatable bonds is 3. The lowest BCUT2D eigenvalue weighted by atomic mass is 10.3. The van der Waals surface area contributed by atoms with Crippen LogP contribution in [-0.4, -0.2) is 28.6 Å². The topological polar surface area (TPSA) is 116 Å². The number of aryl methyl sites for hydroxylation is 1. The number of nitrogen functional groups attached to an aromatic ring is 1. The monoisotopic (exact) mass is 306 g/mol. The molecular formula is C8H8ClFN6O2S. The third-order valence-electron chi connectivity index (χ3n) is 2.04. The van der Waals surface area contributed by atoms with Crippen LogP contribution in [-0.2, 0) is 17.1 Å². The SMILES string of the molecule is Cn1nnc(NS(=O)(=O)c2cc(N)cc(Cl)c2F)n1. The highest BCUT2D eigenvalue weighted by atomic mass is 35.5. The van der Waals surface area contributed by atoms with Gasteiger partial charge in [0.2, 0.25) is 0 Å². The number of nitrogens with one attached hydrogen (secondary N) is 1. The average Bonchev–Trinajstić information content (AvgIpc) is 2.68. The van der Waals surface area contributed by atoms with Crippen molar-refractivity contribution >= 4 is 33.3 Å². The Morgan fingerprint density at radius 2 is 2.16 bits per heavy atom. The van der Waals surface area contributed by atoms with Crippen molar-refractivity contribution in [1.29, 1.82) is 0 Å². The highest BCUT2D eigenvalue weighted by Crippen LogP contribution is 2.26. The van der Waals surface area contributed by atoms with Gasteiger partial charge in [0.25, 0.3) is 16.0 Å². The number of tetrazole rings is 1. The summed E-state index contributed by atoms with van der Waals surface area (Å²) in [6, 6.07) is 2.05. The summed E-state index contributed by atoms with van der Waals surface area (Å²) in [4.78, 5) is 0.352. The summed E-state index contributed by atoms with van der Waals surface area (Å²) in [5.41, 5.74) is 5.44. The number of hydrogen-bond acceptors (Lipinski definition) is 6. The lowest BCUT2D eigenvalue weighted by Crippen LogP contribution is -2.16. The van der Waals surface area contributed by atoms with Gasteiger partial charge >= 0.3 is 0 Å². The third-order valence-corrected chi connectivity index (χ3v) is 3.64. The van der Waals surface area contributed by atoms with Gasteiger partial charge in [-0.15, -0.1) is 5.10 Å². The van der Waals surface area contributed by atoms with Gasteiger partial charge in [0.15, 0.2) is 5.82 Å². The van der Waals surface area contributed by atoms with Crippen LogP contribution in [0.5, 0.6) is 0 Å². The Morgan fingerprint density at radius 1 is 1.47 bits per heavy atom. The van der Waals surface area contributed by atoms with E-state index in [2.05, 4.69) is 15.4 Å².